The van der Waals surface area contributed by atoms with E-state index < -0.39 is 0 Å². The van der Waals surface area contributed by atoms with Crippen molar-refractivity contribution in [1.82, 2.24) is 15.2 Å². The van der Waals surface area contributed by atoms with Crippen LogP contribution < -0.4 is 10.2 Å². The Hall–Kier alpha value is -2.50. The van der Waals surface area contributed by atoms with Crippen LogP contribution in [0.4, 0.5) is 5.82 Å². The number of nitrogens with one attached hydrogen (secondary N) is 1. The van der Waals surface area contributed by atoms with Crippen LogP contribution in [0.3, 0.4) is 0 Å². The Bertz CT molecular complexity index is 603. The first-order valence-electron chi connectivity index (χ1n) is 8.01. The lowest BCUT2D eigenvalue weighted by atomic mass is 10.3. The van der Waals surface area contributed by atoms with Crippen molar-refractivity contribution in [3.05, 3.63) is 48.6 Å². The van der Waals surface area contributed by atoms with Gasteiger partial charge in [-0.15, -0.1) is 0 Å². The molecule has 0 bridgehead atoms. The summed E-state index contributed by atoms with van der Waals surface area (Å²) in [6.45, 7) is 4.61. The van der Waals surface area contributed by atoms with Crippen LogP contribution in [0.15, 0.2) is 52.2 Å². The minimum Gasteiger partial charge on any atom is -0.469 e. The van der Waals surface area contributed by atoms with Crippen molar-refractivity contribution in [2.24, 2.45) is 4.99 Å². The monoisotopic (exact) mass is 313 g/mol. The number of piperazine rings is 1. The number of nitrogens with zero attached hydrogens (tertiary/aromatic N) is 4. The first kappa shape index (κ1) is 15.4. The summed E-state index contributed by atoms with van der Waals surface area (Å²) in [6, 6.07) is 9.96. The van der Waals surface area contributed by atoms with Crippen LogP contribution >= 0.6 is 0 Å². The number of aromatic nitrogens is 1. The molecule has 122 valence electrons. The predicted octanol–water partition coefficient (Wildman–Crippen LogP) is 1.61. The summed E-state index contributed by atoms with van der Waals surface area (Å²) < 4.78 is 5.35. The molecule has 1 saturated heterocycles. The molecule has 2 aromatic rings. The van der Waals surface area contributed by atoms with E-state index >= 15 is 0 Å². The molecule has 23 heavy (non-hydrogen) atoms. The molecular formula is C17H23N5O. The second kappa shape index (κ2) is 7.67. The second-order valence-corrected chi connectivity index (χ2v) is 5.47. The number of rotatable bonds is 4. The summed E-state index contributed by atoms with van der Waals surface area (Å²) in [4.78, 5) is 13.4. The standard InChI is InChI=1S/C17H23N5O/c1-18-17(20-9-7-15-5-4-14-23-15)22-12-10-21(11-13-22)16-6-2-3-8-19-16/h2-6,8,14H,7,9-13H2,1H3,(H,18,20). The zero-order valence-corrected chi connectivity index (χ0v) is 13.5. The summed E-state index contributed by atoms with van der Waals surface area (Å²) in [6.07, 6.45) is 4.41. The summed E-state index contributed by atoms with van der Waals surface area (Å²) in [5.74, 6) is 3.00. The fraction of sp³-hybridized carbons (Fsp3) is 0.412. The Morgan fingerprint density at radius 3 is 2.74 bits per heavy atom. The number of furan rings is 1. The van der Waals surface area contributed by atoms with Crippen molar-refractivity contribution in [3.8, 4) is 0 Å². The highest BCUT2D eigenvalue weighted by molar-refractivity contribution is 5.80. The maximum Gasteiger partial charge on any atom is 0.193 e. The van der Waals surface area contributed by atoms with E-state index in [1.54, 1.807) is 6.26 Å². The maximum absolute atomic E-state index is 5.35. The fourth-order valence-electron chi connectivity index (χ4n) is 2.77. The normalized spacial score (nSPS) is 15.8. The molecule has 1 N–H and O–H groups in total. The summed E-state index contributed by atoms with van der Waals surface area (Å²) >= 11 is 0. The molecule has 0 aliphatic carbocycles. The lowest BCUT2D eigenvalue weighted by Gasteiger charge is -2.37. The molecule has 0 amide bonds. The molecule has 2 aromatic heterocycles. The van der Waals surface area contributed by atoms with Crippen molar-refractivity contribution in [1.29, 1.82) is 0 Å². The van der Waals surface area contributed by atoms with Gasteiger partial charge >= 0.3 is 0 Å². The average molecular weight is 313 g/mol. The number of guanidine groups is 1. The van der Waals surface area contributed by atoms with Gasteiger partial charge in [0, 0.05) is 52.4 Å². The SMILES string of the molecule is CN=C(NCCc1ccco1)N1CCN(c2ccccn2)CC1. The van der Waals surface area contributed by atoms with E-state index in [1.807, 2.05) is 37.5 Å². The van der Waals surface area contributed by atoms with Gasteiger partial charge in [0.15, 0.2) is 5.96 Å². The molecule has 0 atom stereocenters. The van der Waals surface area contributed by atoms with Gasteiger partial charge in [0.2, 0.25) is 0 Å². The molecule has 1 aliphatic rings. The van der Waals surface area contributed by atoms with Gasteiger partial charge in [-0.2, -0.15) is 0 Å². The van der Waals surface area contributed by atoms with Crippen LogP contribution in [0.25, 0.3) is 0 Å². The number of aliphatic imine (C=N–C) groups is 1. The van der Waals surface area contributed by atoms with Crippen molar-refractivity contribution < 1.29 is 4.42 Å². The third-order valence-corrected chi connectivity index (χ3v) is 4.00. The minimum atomic E-state index is 0.820. The second-order valence-electron chi connectivity index (χ2n) is 5.47. The Balaban J connectivity index is 1.47. The molecule has 6 heteroatoms. The zero-order valence-electron chi connectivity index (χ0n) is 13.5. The van der Waals surface area contributed by atoms with Gasteiger partial charge in [-0.25, -0.2) is 4.98 Å². The third-order valence-electron chi connectivity index (χ3n) is 4.00. The fourth-order valence-corrected chi connectivity index (χ4v) is 2.77. The number of hydrogen-bond donors (Lipinski definition) is 1. The topological polar surface area (TPSA) is 56.9 Å². The van der Waals surface area contributed by atoms with Crippen LogP contribution in [0.2, 0.25) is 0 Å². The smallest absolute Gasteiger partial charge is 0.193 e. The molecular weight excluding hydrogens is 290 g/mol. The molecule has 1 fully saturated rings. The van der Waals surface area contributed by atoms with Crippen molar-refractivity contribution in [2.45, 2.75) is 6.42 Å². The van der Waals surface area contributed by atoms with Gasteiger partial charge < -0.3 is 19.5 Å². The molecule has 3 heterocycles. The highest BCUT2D eigenvalue weighted by Crippen LogP contribution is 2.12. The highest BCUT2D eigenvalue weighted by Gasteiger charge is 2.20. The minimum absolute atomic E-state index is 0.820. The van der Waals surface area contributed by atoms with Gasteiger partial charge in [-0.3, -0.25) is 4.99 Å². The average Bonchev–Trinajstić information content (AvgIpc) is 3.13. The molecule has 0 aromatic carbocycles. The van der Waals surface area contributed by atoms with Crippen molar-refractivity contribution in [3.63, 3.8) is 0 Å². The predicted molar refractivity (Wildman–Crippen MR) is 91.8 cm³/mol. The Morgan fingerprint density at radius 2 is 2.09 bits per heavy atom. The quantitative estimate of drug-likeness (QED) is 0.686. The van der Waals surface area contributed by atoms with E-state index in [4.69, 9.17) is 4.42 Å². The molecule has 0 unspecified atom stereocenters. The van der Waals surface area contributed by atoms with Crippen LogP contribution in [-0.4, -0.2) is 55.6 Å². The first-order valence-corrected chi connectivity index (χ1v) is 8.01. The van der Waals surface area contributed by atoms with Crippen LogP contribution in [-0.2, 0) is 6.42 Å². The van der Waals surface area contributed by atoms with E-state index in [0.29, 0.717) is 0 Å². The van der Waals surface area contributed by atoms with Gasteiger partial charge in [-0.1, -0.05) is 6.07 Å². The zero-order chi connectivity index (χ0) is 15.9. The number of pyridine rings is 1. The first-order chi connectivity index (χ1) is 11.4. The summed E-state index contributed by atoms with van der Waals surface area (Å²) in [7, 11) is 1.83. The van der Waals surface area contributed by atoms with E-state index in [0.717, 1.165) is 56.7 Å². The molecule has 3 rings (SSSR count). The Morgan fingerprint density at radius 1 is 1.22 bits per heavy atom. The number of hydrogen-bond acceptors (Lipinski definition) is 4. The van der Waals surface area contributed by atoms with E-state index in [9.17, 15) is 0 Å². The maximum atomic E-state index is 5.35. The van der Waals surface area contributed by atoms with Crippen molar-refractivity contribution in [2.75, 3.05) is 44.7 Å². The molecule has 6 nitrogen and oxygen atoms in total. The van der Waals surface area contributed by atoms with Crippen LogP contribution in [0.1, 0.15) is 5.76 Å². The molecule has 0 spiro atoms. The molecule has 0 radical (unpaired) electrons. The summed E-state index contributed by atoms with van der Waals surface area (Å²) in [5, 5.41) is 3.41. The van der Waals surface area contributed by atoms with Gasteiger partial charge in [0.05, 0.1) is 6.26 Å². The van der Waals surface area contributed by atoms with Gasteiger partial charge in [0.25, 0.3) is 0 Å². The van der Waals surface area contributed by atoms with Crippen LogP contribution in [0, 0.1) is 0 Å². The Kier molecular flexibility index (Phi) is 5.13. The van der Waals surface area contributed by atoms with E-state index in [1.165, 1.54) is 0 Å². The Labute approximate surface area is 136 Å². The van der Waals surface area contributed by atoms with Crippen molar-refractivity contribution >= 4 is 11.8 Å². The third kappa shape index (κ3) is 4.03. The largest absolute Gasteiger partial charge is 0.469 e. The lowest BCUT2D eigenvalue weighted by Crippen LogP contribution is -2.53. The highest BCUT2D eigenvalue weighted by atomic mass is 16.3. The van der Waals surface area contributed by atoms with Crippen LogP contribution in [0.5, 0.6) is 0 Å². The van der Waals surface area contributed by atoms with Gasteiger partial charge in [-0.05, 0) is 24.3 Å². The molecule has 0 saturated carbocycles. The number of anilines is 1. The van der Waals surface area contributed by atoms with E-state index in [-0.39, 0.29) is 0 Å². The van der Waals surface area contributed by atoms with Gasteiger partial charge in [0.1, 0.15) is 11.6 Å². The molecule has 1 aliphatic heterocycles. The van der Waals surface area contributed by atoms with E-state index in [2.05, 4.69) is 31.2 Å². The lowest BCUT2D eigenvalue weighted by molar-refractivity contribution is 0.371. The summed E-state index contributed by atoms with van der Waals surface area (Å²) in [5.41, 5.74) is 0.